The number of rotatable bonds is 7. The second-order valence-corrected chi connectivity index (χ2v) is 6.11. The van der Waals surface area contributed by atoms with Gasteiger partial charge in [0.1, 0.15) is 5.82 Å². The Morgan fingerprint density at radius 3 is 2.94 bits per heavy atom. The summed E-state index contributed by atoms with van der Waals surface area (Å²) in [5.74, 6) is 1.99. The van der Waals surface area contributed by atoms with Gasteiger partial charge in [0.25, 0.3) is 0 Å². The molecule has 0 aromatic carbocycles. The predicted molar refractivity (Wildman–Crippen MR) is 77.4 cm³/mol. The molecule has 0 fully saturated rings. The molecule has 0 radical (unpaired) electrons. The number of nitrogens with one attached hydrogen (secondary N) is 1. The molecule has 2 aromatic rings. The van der Waals surface area contributed by atoms with Crippen LogP contribution in [0.5, 0.6) is 0 Å². The van der Waals surface area contributed by atoms with Crippen molar-refractivity contribution in [3.05, 3.63) is 28.2 Å². The lowest BCUT2D eigenvalue weighted by atomic mass is 10.3. The molecular formula is C12H18N4S2. The predicted octanol–water partition coefficient (Wildman–Crippen LogP) is 2.11. The number of thioether (sulfide) groups is 1. The van der Waals surface area contributed by atoms with Gasteiger partial charge >= 0.3 is 0 Å². The van der Waals surface area contributed by atoms with E-state index in [0.29, 0.717) is 0 Å². The van der Waals surface area contributed by atoms with E-state index in [1.54, 1.807) is 11.8 Å². The minimum Gasteiger partial charge on any atom is -0.316 e. The zero-order valence-corrected chi connectivity index (χ0v) is 12.4. The Labute approximate surface area is 116 Å². The Kier molecular flexibility index (Phi) is 5.22. The van der Waals surface area contributed by atoms with Gasteiger partial charge in [-0.3, -0.25) is 0 Å². The molecule has 0 unspecified atom stereocenters. The number of thiophene rings is 1. The largest absolute Gasteiger partial charge is 0.316 e. The summed E-state index contributed by atoms with van der Waals surface area (Å²) in [5.41, 5.74) is 0. The molecule has 2 aromatic heterocycles. The average Bonchev–Trinajstić information content (AvgIpc) is 2.98. The van der Waals surface area contributed by atoms with Crippen LogP contribution in [0.15, 0.2) is 22.7 Å². The van der Waals surface area contributed by atoms with Gasteiger partial charge in [0.2, 0.25) is 0 Å². The highest BCUT2D eigenvalue weighted by Crippen LogP contribution is 2.14. The fraction of sp³-hybridized carbons (Fsp3) is 0.500. The number of hydrogen-bond acceptors (Lipinski definition) is 5. The smallest absolute Gasteiger partial charge is 0.190 e. The molecule has 0 saturated carbocycles. The molecule has 0 bridgehead atoms. The first-order valence-electron chi connectivity index (χ1n) is 5.99. The van der Waals surface area contributed by atoms with Crippen molar-refractivity contribution in [2.45, 2.75) is 18.5 Å². The van der Waals surface area contributed by atoms with Gasteiger partial charge in [-0.1, -0.05) is 17.8 Å². The summed E-state index contributed by atoms with van der Waals surface area (Å²) in [6.07, 6.45) is 1.12. The molecule has 98 valence electrons. The first kappa shape index (κ1) is 13.6. The number of aryl methyl sites for hydroxylation is 1. The van der Waals surface area contributed by atoms with Crippen LogP contribution in [0.1, 0.15) is 10.7 Å². The summed E-state index contributed by atoms with van der Waals surface area (Å²) in [6.45, 7) is 4.01. The van der Waals surface area contributed by atoms with Crippen molar-refractivity contribution in [2.75, 3.05) is 18.8 Å². The van der Waals surface area contributed by atoms with Gasteiger partial charge in [0.15, 0.2) is 5.16 Å². The Balaban J connectivity index is 1.57. The molecule has 0 aliphatic carbocycles. The lowest BCUT2D eigenvalue weighted by Crippen LogP contribution is -2.19. The lowest BCUT2D eigenvalue weighted by molar-refractivity contribution is 0.721. The van der Waals surface area contributed by atoms with Crippen LogP contribution < -0.4 is 5.32 Å². The van der Waals surface area contributed by atoms with Gasteiger partial charge in [0, 0.05) is 24.2 Å². The minimum atomic E-state index is 0.961. The van der Waals surface area contributed by atoms with Gasteiger partial charge in [-0.25, -0.2) is 0 Å². The zero-order chi connectivity index (χ0) is 12.8. The van der Waals surface area contributed by atoms with Gasteiger partial charge in [-0.2, -0.15) is 0 Å². The highest BCUT2D eigenvalue weighted by Gasteiger charge is 2.04. The summed E-state index contributed by atoms with van der Waals surface area (Å²) in [4.78, 5) is 1.44. The maximum Gasteiger partial charge on any atom is 0.190 e. The Morgan fingerprint density at radius 1 is 1.39 bits per heavy atom. The quantitative estimate of drug-likeness (QED) is 0.624. The molecule has 0 spiro atoms. The molecule has 6 heteroatoms. The number of nitrogens with zero attached hydrogens (tertiary/aromatic N) is 3. The first-order valence-corrected chi connectivity index (χ1v) is 7.86. The van der Waals surface area contributed by atoms with Crippen molar-refractivity contribution in [1.82, 2.24) is 20.1 Å². The van der Waals surface area contributed by atoms with E-state index in [1.807, 2.05) is 29.9 Å². The van der Waals surface area contributed by atoms with Crippen LogP contribution in [0, 0.1) is 6.92 Å². The Bertz CT molecular complexity index is 464. The van der Waals surface area contributed by atoms with E-state index in [-0.39, 0.29) is 0 Å². The summed E-state index contributed by atoms with van der Waals surface area (Å²) in [5, 5.41) is 14.7. The summed E-state index contributed by atoms with van der Waals surface area (Å²) >= 11 is 3.57. The first-order chi connectivity index (χ1) is 8.77. The molecule has 0 saturated heterocycles. The second-order valence-electron chi connectivity index (χ2n) is 4.02. The normalized spacial score (nSPS) is 11.0. The van der Waals surface area contributed by atoms with Crippen molar-refractivity contribution in [1.29, 1.82) is 0 Å². The summed E-state index contributed by atoms with van der Waals surface area (Å²) in [6, 6.07) is 4.29. The van der Waals surface area contributed by atoms with Crippen molar-refractivity contribution in [3.8, 4) is 0 Å². The van der Waals surface area contributed by atoms with E-state index >= 15 is 0 Å². The average molecular weight is 282 g/mol. The van der Waals surface area contributed by atoms with Crippen molar-refractivity contribution in [3.63, 3.8) is 0 Å². The SMILES string of the molecule is Cc1nnc(SCCNCCc2cccs2)n1C. The van der Waals surface area contributed by atoms with Gasteiger partial charge < -0.3 is 9.88 Å². The fourth-order valence-corrected chi connectivity index (χ4v) is 3.08. The summed E-state index contributed by atoms with van der Waals surface area (Å²) in [7, 11) is 2.00. The van der Waals surface area contributed by atoms with Crippen LogP contribution >= 0.6 is 23.1 Å². The van der Waals surface area contributed by atoms with Gasteiger partial charge in [0.05, 0.1) is 0 Å². The number of hydrogen-bond donors (Lipinski definition) is 1. The third kappa shape index (κ3) is 3.83. The molecule has 1 N–H and O–H groups in total. The minimum absolute atomic E-state index is 0.961. The summed E-state index contributed by atoms with van der Waals surface area (Å²) < 4.78 is 2.02. The van der Waals surface area contributed by atoms with Crippen LogP contribution in [0.4, 0.5) is 0 Å². The standard InChI is InChI=1S/C12H18N4S2/c1-10-14-15-12(16(10)2)18-9-7-13-6-5-11-4-3-8-17-11/h3-4,8,13H,5-7,9H2,1-2H3. The molecular weight excluding hydrogens is 264 g/mol. The Hall–Kier alpha value is -0.850. The third-order valence-corrected chi connectivity index (χ3v) is 4.65. The van der Waals surface area contributed by atoms with Crippen LogP contribution in [0.2, 0.25) is 0 Å². The van der Waals surface area contributed by atoms with Gasteiger partial charge in [-0.05, 0) is 31.3 Å². The van der Waals surface area contributed by atoms with Crippen LogP contribution in [0.3, 0.4) is 0 Å². The van der Waals surface area contributed by atoms with E-state index in [4.69, 9.17) is 0 Å². The molecule has 4 nitrogen and oxygen atoms in total. The topological polar surface area (TPSA) is 42.7 Å². The maximum atomic E-state index is 4.12. The molecule has 2 heterocycles. The van der Waals surface area contributed by atoms with Crippen LogP contribution in [0.25, 0.3) is 0 Å². The second kappa shape index (κ2) is 6.92. The van der Waals surface area contributed by atoms with E-state index in [1.165, 1.54) is 4.88 Å². The van der Waals surface area contributed by atoms with Crippen molar-refractivity contribution >= 4 is 23.1 Å². The van der Waals surface area contributed by atoms with E-state index in [2.05, 4.69) is 33.0 Å². The highest BCUT2D eigenvalue weighted by molar-refractivity contribution is 7.99. The van der Waals surface area contributed by atoms with Crippen LogP contribution in [-0.2, 0) is 13.5 Å². The highest BCUT2D eigenvalue weighted by atomic mass is 32.2. The molecule has 0 aliphatic heterocycles. The van der Waals surface area contributed by atoms with Crippen molar-refractivity contribution < 1.29 is 0 Å². The monoisotopic (exact) mass is 282 g/mol. The lowest BCUT2D eigenvalue weighted by Gasteiger charge is -2.03. The van der Waals surface area contributed by atoms with Gasteiger partial charge in [-0.15, -0.1) is 21.5 Å². The molecule has 0 atom stereocenters. The molecule has 18 heavy (non-hydrogen) atoms. The van der Waals surface area contributed by atoms with E-state index in [0.717, 1.165) is 36.2 Å². The molecule has 0 amide bonds. The maximum absolute atomic E-state index is 4.12. The van der Waals surface area contributed by atoms with E-state index < -0.39 is 0 Å². The van der Waals surface area contributed by atoms with E-state index in [9.17, 15) is 0 Å². The molecule has 0 aliphatic rings. The zero-order valence-electron chi connectivity index (χ0n) is 10.7. The van der Waals surface area contributed by atoms with Crippen LogP contribution in [-0.4, -0.2) is 33.6 Å². The Morgan fingerprint density at radius 2 is 2.28 bits per heavy atom. The van der Waals surface area contributed by atoms with Crippen molar-refractivity contribution in [2.24, 2.45) is 7.05 Å². The fourth-order valence-electron chi connectivity index (χ4n) is 1.52. The number of aromatic nitrogens is 3. The third-order valence-electron chi connectivity index (χ3n) is 2.69. The molecule has 2 rings (SSSR count).